The maximum absolute atomic E-state index is 12.3. The van der Waals surface area contributed by atoms with Crippen LogP contribution in [0, 0.1) is 0 Å². The van der Waals surface area contributed by atoms with E-state index < -0.39 is 20.2 Å². The molecule has 0 aromatic heterocycles. The molecule has 0 saturated heterocycles. The van der Waals surface area contributed by atoms with Crippen molar-refractivity contribution in [2.24, 2.45) is 0 Å². The second kappa shape index (κ2) is 5.58. The van der Waals surface area contributed by atoms with Crippen LogP contribution in [0.3, 0.4) is 0 Å². The molecule has 0 heterocycles. The van der Waals surface area contributed by atoms with Gasteiger partial charge in [-0.05, 0) is 31.2 Å². The Morgan fingerprint density at radius 2 is 1.74 bits per heavy atom. The van der Waals surface area contributed by atoms with Crippen LogP contribution in [0.4, 0.5) is 18.9 Å². The lowest BCUT2D eigenvalue weighted by Gasteiger charge is -2.20. The molecule has 0 bridgehead atoms. The number of halogens is 4. The predicted octanol–water partition coefficient (Wildman–Crippen LogP) is 3.04. The van der Waals surface area contributed by atoms with E-state index in [-0.39, 0.29) is 5.38 Å². The quantitative estimate of drug-likeness (QED) is 0.801. The molecule has 1 rings (SSSR count). The maximum Gasteiger partial charge on any atom is 0.501 e. The van der Waals surface area contributed by atoms with Crippen LogP contribution in [0.1, 0.15) is 6.92 Å². The van der Waals surface area contributed by atoms with E-state index in [1.54, 1.807) is 18.9 Å². The van der Waals surface area contributed by atoms with E-state index in [1.165, 1.54) is 12.1 Å². The van der Waals surface area contributed by atoms with Gasteiger partial charge in [-0.1, -0.05) is 0 Å². The van der Waals surface area contributed by atoms with Gasteiger partial charge in [-0.2, -0.15) is 13.2 Å². The van der Waals surface area contributed by atoms with Crippen molar-refractivity contribution in [3.63, 3.8) is 0 Å². The van der Waals surface area contributed by atoms with Crippen LogP contribution in [0.2, 0.25) is 0 Å². The molecule has 0 aliphatic carbocycles. The van der Waals surface area contributed by atoms with E-state index >= 15 is 0 Å². The first-order chi connectivity index (χ1) is 8.55. The molecule has 1 unspecified atom stereocenters. The van der Waals surface area contributed by atoms with Gasteiger partial charge in [-0.25, -0.2) is 8.42 Å². The molecule has 0 N–H and O–H groups in total. The minimum Gasteiger partial charge on any atom is -0.373 e. The Bertz CT molecular complexity index is 526. The largest absolute Gasteiger partial charge is 0.501 e. The predicted molar refractivity (Wildman–Crippen MR) is 68.3 cm³/mol. The third kappa shape index (κ3) is 3.76. The zero-order valence-electron chi connectivity index (χ0n) is 10.3. The minimum absolute atomic E-state index is 0.136. The number of benzene rings is 1. The average Bonchev–Trinajstić information content (AvgIpc) is 2.26. The van der Waals surface area contributed by atoms with Crippen LogP contribution in [0.5, 0.6) is 0 Å². The van der Waals surface area contributed by atoms with Crippen molar-refractivity contribution >= 4 is 27.1 Å². The van der Waals surface area contributed by atoms with Crippen molar-refractivity contribution in [2.75, 3.05) is 18.5 Å². The van der Waals surface area contributed by atoms with Crippen molar-refractivity contribution in [1.29, 1.82) is 0 Å². The van der Waals surface area contributed by atoms with Gasteiger partial charge in [-0.15, -0.1) is 11.6 Å². The van der Waals surface area contributed by atoms with Gasteiger partial charge in [0.05, 0.1) is 4.90 Å². The van der Waals surface area contributed by atoms with E-state index in [0.717, 1.165) is 12.1 Å². The number of rotatable bonds is 4. The normalized spacial score (nSPS) is 14.2. The second-order valence-electron chi connectivity index (χ2n) is 4.10. The highest BCUT2D eigenvalue weighted by Crippen LogP contribution is 2.31. The van der Waals surface area contributed by atoms with Gasteiger partial charge in [0.1, 0.15) is 0 Å². The van der Waals surface area contributed by atoms with Gasteiger partial charge in [0, 0.05) is 24.7 Å². The molecule has 0 aliphatic heterocycles. The standard InChI is InChI=1S/C11H13ClF3NO2S/c1-8(12)7-16(2)9-3-5-10(6-4-9)19(17,18)11(13,14)15/h3-6,8H,7H2,1-2H3. The van der Waals surface area contributed by atoms with Crippen molar-refractivity contribution < 1.29 is 21.6 Å². The van der Waals surface area contributed by atoms with Gasteiger partial charge in [0.15, 0.2) is 0 Å². The summed E-state index contributed by atoms with van der Waals surface area (Å²) in [5.74, 6) is 0. The fraction of sp³-hybridized carbons (Fsp3) is 0.455. The number of anilines is 1. The summed E-state index contributed by atoms with van der Waals surface area (Å²) in [6.07, 6.45) is 0. The molecule has 0 spiro atoms. The van der Waals surface area contributed by atoms with Crippen LogP contribution < -0.4 is 4.90 Å². The van der Waals surface area contributed by atoms with Crippen LogP contribution >= 0.6 is 11.6 Å². The van der Waals surface area contributed by atoms with Gasteiger partial charge in [0.25, 0.3) is 9.84 Å². The van der Waals surface area contributed by atoms with Gasteiger partial charge in [0.2, 0.25) is 0 Å². The van der Waals surface area contributed by atoms with E-state index in [0.29, 0.717) is 12.2 Å². The molecule has 0 amide bonds. The number of alkyl halides is 4. The second-order valence-corrected chi connectivity index (χ2v) is 6.79. The van der Waals surface area contributed by atoms with E-state index in [2.05, 4.69) is 0 Å². The van der Waals surface area contributed by atoms with E-state index in [1.807, 2.05) is 0 Å². The highest BCUT2D eigenvalue weighted by molar-refractivity contribution is 7.92. The van der Waals surface area contributed by atoms with Crippen LogP contribution in [-0.4, -0.2) is 32.9 Å². The minimum atomic E-state index is -5.29. The summed E-state index contributed by atoms with van der Waals surface area (Å²) < 4.78 is 59.3. The highest BCUT2D eigenvalue weighted by atomic mass is 35.5. The first kappa shape index (κ1) is 16.1. The van der Waals surface area contributed by atoms with Gasteiger partial charge < -0.3 is 4.90 Å². The molecule has 0 radical (unpaired) electrons. The first-order valence-corrected chi connectivity index (χ1v) is 7.24. The lowest BCUT2D eigenvalue weighted by molar-refractivity contribution is -0.0436. The third-order valence-corrected chi connectivity index (χ3v) is 4.06. The van der Waals surface area contributed by atoms with Crippen molar-refractivity contribution in [3.05, 3.63) is 24.3 Å². The van der Waals surface area contributed by atoms with Crippen molar-refractivity contribution in [3.8, 4) is 0 Å². The Morgan fingerprint density at radius 1 is 1.26 bits per heavy atom. The van der Waals surface area contributed by atoms with Gasteiger partial charge >= 0.3 is 5.51 Å². The Hall–Kier alpha value is -0.950. The first-order valence-electron chi connectivity index (χ1n) is 5.32. The summed E-state index contributed by atoms with van der Waals surface area (Å²) in [7, 11) is -3.57. The number of sulfone groups is 1. The zero-order valence-corrected chi connectivity index (χ0v) is 11.9. The molecular weight excluding hydrogens is 303 g/mol. The lowest BCUT2D eigenvalue weighted by Crippen LogP contribution is -2.25. The molecular formula is C11H13ClF3NO2S. The topological polar surface area (TPSA) is 37.4 Å². The van der Waals surface area contributed by atoms with E-state index in [9.17, 15) is 21.6 Å². The number of hydrogen-bond acceptors (Lipinski definition) is 3. The molecule has 0 fully saturated rings. The SMILES string of the molecule is CC(Cl)CN(C)c1ccc(S(=O)(=O)C(F)(F)F)cc1. The molecule has 108 valence electrons. The lowest BCUT2D eigenvalue weighted by atomic mass is 10.3. The third-order valence-electron chi connectivity index (χ3n) is 2.42. The molecule has 1 aromatic rings. The van der Waals surface area contributed by atoms with Crippen molar-refractivity contribution in [1.82, 2.24) is 0 Å². The Morgan fingerprint density at radius 3 is 2.11 bits per heavy atom. The summed E-state index contributed by atoms with van der Waals surface area (Å²) in [4.78, 5) is 0.956. The molecule has 0 aliphatic rings. The van der Waals surface area contributed by atoms with Crippen LogP contribution in [-0.2, 0) is 9.84 Å². The molecule has 8 heteroatoms. The fourth-order valence-electron chi connectivity index (χ4n) is 1.50. The number of nitrogens with zero attached hydrogens (tertiary/aromatic N) is 1. The summed E-state index contributed by atoms with van der Waals surface area (Å²) in [5.41, 5.74) is -4.70. The summed E-state index contributed by atoms with van der Waals surface area (Å²) >= 11 is 5.80. The smallest absolute Gasteiger partial charge is 0.373 e. The Balaban J connectivity index is 3.01. The molecule has 19 heavy (non-hydrogen) atoms. The summed E-state index contributed by atoms with van der Waals surface area (Å²) in [6, 6.07) is 4.51. The molecule has 1 aromatic carbocycles. The average molecular weight is 316 g/mol. The monoisotopic (exact) mass is 315 g/mol. The zero-order chi connectivity index (χ0) is 14.8. The summed E-state index contributed by atoms with van der Waals surface area (Å²) in [5, 5.41) is -0.136. The summed E-state index contributed by atoms with van der Waals surface area (Å²) in [6.45, 7) is 2.27. The molecule has 1 atom stereocenters. The van der Waals surface area contributed by atoms with E-state index in [4.69, 9.17) is 11.6 Å². The number of hydrogen-bond donors (Lipinski definition) is 0. The Labute approximate surface area is 114 Å². The Kier molecular flexibility index (Phi) is 4.73. The van der Waals surface area contributed by atoms with Crippen molar-refractivity contribution in [2.45, 2.75) is 22.7 Å². The molecule has 0 saturated carbocycles. The van der Waals surface area contributed by atoms with Crippen LogP contribution in [0.25, 0.3) is 0 Å². The fourth-order valence-corrected chi connectivity index (χ4v) is 2.46. The maximum atomic E-state index is 12.3. The highest BCUT2D eigenvalue weighted by Gasteiger charge is 2.46. The molecule has 3 nitrogen and oxygen atoms in total. The van der Waals surface area contributed by atoms with Crippen LogP contribution in [0.15, 0.2) is 29.2 Å². The van der Waals surface area contributed by atoms with Gasteiger partial charge in [-0.3, -0.25) is 0 Å².